The molecule has 0 spiro atoms. The number of pyridine rings is 1. The van der Waals surface area contributed by atoms with Gasteiger partial charge in [0, 0.05) is 30.1 Å². The lowest BCUT2D eigenvalue weighted by molar-refractivity contribution is -0.143. The summed E-state index contributed by atoms with van der Waals surface area (Å²) in [6.07, 6.45) is -5.56. The summed E-state index contributed by atoms with van der Waals surface area (Å²) in [4.78, 5) is 21.3. The molecular weight excluding hydrogens is 572 g/mol. The predicted molar refractivity (Wildman–Crippen MR) is 154 cm³/mol. The molecular formula is C32H37F6N3O2. The number of amides is 1. The van der Waals surface area contributed by atoms with Crippen LogP contribution in [0, 0.1) is 12.8 Å². The summed E-state index contributed by atoms with van der Waals surface area (Å²) in [5, 5.41) is 0.812. The molecule has 0 saturated heterocycles. The molecule has 0 aliphatic heterocycles. The van der Waals surface area contributed by atoms with Crippen molar-refractivity contribution in [3.63, 3.8) is 0 Å². The van der Waals surface area contributed by atoms with Gasteiger partial charge in [-0.1, -0.05) is 31.4 Å². The maximum atomic E-state index is 13.6. The first-order valence-electron chi connectivity index (χ1n) is 14.5. The molecule has 5 nitrogen and oxygen atoms in total. The number of nitrogens with zero attached hydrogens (tertiary/aromatic N) is 3. The van der Waals surface area contributed by atoms with Gasteiger partial charge < -0.3 is 9.64 Å². The van der Waals surface area contributed by atoms with Gasteiger partial charge in [-0.3, -0.25) is 4.90 Å². The molecule has 1 atom stereocenters. The summed E-state index contributed by atoms with van der Waals surface area (Å²) in [5.74, 6) is 1.12. The molecule has 4 rings (SSSR count). The second kappa shape index (κ2) is 13.0. The number of carbonyl (C=O) groups excluding carboxylic acids is 1. The van der Waals surface area contributed by atoms with Crippen LogP contribution in [-0.2, 0) is 30.2 Å². The Bertz CT molecular complexity index is 1400. The number of hydrogen-bond acceptors (Lipinski definition) is 4. The standard InChI is InChI=1S/C32H37F6N3O2/c1-5-21(3)41(18-22-8-6-7-9-22)29-25(15-24-12-20(2)10-11-28(24)39-29)19-40(30(42)43-4)17-23-13-26(31(33,34)35)16-27(14-23)32(36,37)38/h10-16,21-22H,5-9,17-19H2,1-4H3. The van der Waals surface area contributed by atoms with E-state index in [-0.39, 0.29) is 24.2 Å². The third kappa shape index (κ3) is 7.92. The highest BCUT2D eigenvalue weighted by molar-refractivity contribution is 5.83. The SMILES string of the molecule is CCC(C)N(CC1CCCC1)c1nc2ccc(C)cc2cc1CN(Cc1cc(C(F)(F)F)cc(C(F)(F)F)c1)C(=O)OC. The van der Waals surface area contributed by atoms with Crippen LogP contribution in [0.1, 0.15) is 73.8 Å². The number of ether oxygens (including phenoxy) is 1. The van der Waals surface area contributed by atoms with Crippen LogP contribution in [0.4, 0.5) is 37.0 Å². The quantitative estimate of drug-likeness (QED) is 0.227. The fourth-order valence-electron chi connectivity index (χ4n) is 5.71. The zero-order valence-corrected chi connectivity index (χ0v) is 24.8. The maximum Gasteiger partial charge on any atom is 0.416 e. The Kier molecular flexibility index (Phi) is 9.81. The van der Waals surface area contributed by atoms with E-state index in [9.17, 15) is 31.1 Å². The fraction of sp³-hybridized carbons (Fsp3) is 0.500. The van der Waals surface area contributed by atoms with E-state index in [0.29, 0.717) is 29.4 Å². The molecule has 1 heterocycles. The molecule has 1 saturated carbocycles. The van der Waals surface area contributed by atoms with Crippen molar-refractivity contribution >= 4 is 22.8 Å². The average molecular weight is 610 g/mol. The number of benzene rings is 2. The molecule has 1 aliphatic rings. The summed E-state index contributed by atoms with van der Waals surface area (Å²) in [6, 6.07) is 9.17. The van der Waals surface area contributed by atoms with Gasteiger partial charge in [0.05, 0.1) is 30.3 Å². The number of hydrogen-bond donors (Lipinski definition) is 0. The molecule has 1 amide bonds. The number of carbonyl (C=O) groups is 1. The van der Waals surface area contributed by atoms with Gasteiger partial charge in [-0.2, -0.15) is 26.3 Å². The average Bonchev–Trinajstić information content (AvgIpc) is 3.46. The Morgan fingerprint density at radius 2 is 1.60 bits per heavy atom. The van der Waals surface area contributed by atoms with Gasteiger partial charge in [-0.15, -0.1) is 0 Å². The number of alkyl halides is 6. The first-order valence-corrected chi connectivity index (χ1v) is 14.5. The molecule has 0 N–H and O–H groups in total. The molecule has 43 heavy (non-hydrogen) atoms. The molecule has 1 unspecified atom stereocenters. The van der Waals surface area contributed by atoms with E-state index in [2.05, 4.69) is 18.7 Å². The lowest BCUT2D eigenvalue weighted by Gasteiger charge is -2.34. The minimum absolute atomic E-state index is 0.0761. The molecule has 1 fully saturated rings. The highest BCUT2D eigenvalue weighted by Gasteiger charge is 2.37. The monoisotopic (exact) mass is 609 g/mol. The Balaban J connectivity index is 1.81. The summed E-state index contributed by atoms with van der Waals surface area (Å²) in [7, 11) is 1.12. The lowest BCUT2D eigenvalue weighted by Crippen LogP contribution is -2.38. The van der Waals surface area contributed by atoms with Crippen molar-refractivity contribution in [1.82, 2.24) is 9.88 Å². The van der Waals surface area contributed by atoms with Crippen LogP contribution in [0.3, 0.4) is 0 Å². The number of halogens is 6. The third-order valence-corrected chi connectivity index (χ3v) is 8.17. The summed E-state index contributed by atoms with van der Waals surface area (Å²) >= 11 is 0. The number of methoxy groups -OCH3 is 1. The minimum Gasteiger partial charge on any atom is -0.453 e. The Morgan fingerprint density at radius 1 is 0.977 bits per heavy atom. The predicted octanol–water partition coefficient (Wildman–Crippen LogP) is 9.14. The number of rotatable bonds is 9. The van der Waals surface area contributed by atoms with Gasteiger partial charge >= 0.3 is 18.4 Å². The fourth-order valence-corrected chi connectivity index (χ4v) is 5.71. The third-order valence-electron chi connectivity index (χ3n) is 8.17. The van der Waals surface area contributed by atoms with E-state index in [1.165, 1.54) is 0 Å². The number of fused-ring (bicyclic) bond motifs is 1. The second-order valence-corrected chi connectivity index (χ2v) is 11.5. The van der Waals surface area contributed by atoms with Crippen molar-refractivity contribution in [3.05, 3.63) is 70.3 Å². The molecule has 1 aliphatic carbocycles. The van der Waals surface area contributed by atoms with Gasteiger partial charge in [-0.05, 0) is 81.0 Å². The van der Waals surface area contributed by atoms with E-state index in [1.54, 1.807) is 0 Å². The van der Waals surface area contributed by atoms with Crippen LogP contribution < -0.4 is 4.90 Å². The van der Waals surface area contributed by atoms with Crippen LogP contribution in [0.2, 0.25) is 0 Å². The summed E-state index contributed by atoms with van der Waals surface area (Å²) in [5.41, 5.74) is -0.823. The zero-order valence-electron chi connectivity index (χ0n) is 24.8. The molecule has 0 radical (unpaired) electrons. The van der Waals surface area contributed by atoms with Crippen LogP contribution in [-0.4, -0.2) is 35.7 Å². The van der Waals surface area contributed by atoms with Crippen LogP contribution >= 0.6 is 0 Å². The van der Waals surface area contributed by atoms with E-state index in [1.807, 2.05) is 31.2 Å². The van der Waals surface area contributed by atoms with Gasteiger partial charge in [0.1, 0.15) is 5.82 Å². The Morgan fingerprint density at radius 3 is 2.16 bits per heavy atom. The first kappa shape index (κ1) is 32.4. The van der Waals surface area contributed by atoms with E-state index in [0.717, 1.165) is 67.1 Å². The van der Waals surface area contributed by atoms with Crippen molar-refractivity contribution in [1.29, 1.82) is 0 Å². The van der Waals surface area contributed by atoms with E-state index >= 15 is 0 Å². The highest BCUT2D eigenvalue weighted by atomic mass is 19.4. The zero-order chi connectivity index (χ0) is 31.5. The van der Waals surface area contributed by atoms with Gasteiger partial charge in [0.25, 0.3) is 0 Å². The summed E-state index contributed by atoms with van der Waals surface area (Å²) < 4.78 is 86.3. The van der Waals surface area contributed by atoms with Gasteiger partial charge in [0.2, 0.25) is 0 Å². The molecule has 11 heteroatoms. The molecule has 3 aromatic rings. The molecule has 0 bridgehead atoms. The van der Waals surface area contributed by atoms with E-state index < -0.39 is 36.1 Å². The van der Waals surface area contributed by atoms with Crippen LogP contribution in [0.15, 0.2) is 42.5 Å². The molecule has 234 valence electrons. The largest absolute Gasteiger partial charge is 0.453 e. The maximum absolute atomic E-state index is 13.6. The van der Waals surface area contributed by atoms with Gasteiger partial charge in [-0.25, -0.2) is 9.78 Å². The molecule has 2 aromatic carbocycles. The highest BCUT2D eigenvalue weighted by Crippen LogP contribution is 2.37. The first-order chi connectivity index (χ1) is 20.2. The Labute approximate surface area is 247 Å². The van der Waals surface area contributed by atoms with Crippen LogP contribution in [0.5, 0.6) is 0 Å². The van der Waals surface area contributed by atoms with Gasteiger partial charge in [0.15, 0.2) is 0 Å². The van der Waals surface area contributed by atoms with Crippen molar-refractivity contribution in [2.75, 3.05) is 18.6 Å². The van der Waals surface area contributed by atoms with Crippen molar-refractivity contribution < 1.29 is 35.9 Å². The van der Waals surface area contributed by atoms with Crippen LogP contribution in [0.25, 0.3) is 10.9 Å². The normalized spacial score (nSPS) is 15.1. The minimum atomic E-state index is -5.00. The topological polar surface area (TPSA) is 45.7 Å². The molecule has 1 aromatic heterocycles. The number of aromatic nitrogens is 1. The second-order valence-electron chi connectivity index (χ2n) is 11.5. The van der Waals surface area contributed by atoms with Crippen molar-refractivity contribution in [2.45, 2.75) is 84.4 Å². The van der Waals surface area contributed by atoms with E-state index in [4.69, 9.17) is 9.72 Å². The van der Waals surface area contributed by atoms with Crippen molar-refractivity contribution in [3.8, 4) is 0 Å². The smallest absolute Gasteiger partial charge is 0.416 e. The summed E-state index contributed by atoms with van der Waals surface area (Å²) in [6.45, 7) is 6.20. The van der Waals surface area contributed by atoms with Crippen molar-refractivity contribution in [2.24, 2.45) is 5.92 Å². The number of aryl methyl sites for hydroxylation is 1. The Hall–Kier alpha value is -3.50. The number of anilines is 1. The lowest BCUT2D eigenvalue weighted by atomic mass is 10.0.